The number of hydrogen-bond donors (Lipinski definition) is 0. The maximum Gasteiger partial charge on any atom is 0.347 e. The summed E-state index contributed by atoms with van der Waals surface area (Å²) < 4.78 is 30.2. The van der Waals surface area contributed by atoms with E-state index in [9.17, 15) is 9.18 Å². The molecule has 5 heteroatoms. The number of hydrogen-bond acceptors (Lipinski definition) is 4. The number of ether oxygens (including phenoxy) is 2. The van der Waals surface area contributed by atoms with Crippen LogP contribution in [0.4, 0.5) is 4.39 Å². The van der Waals surface area contributed by atoms with Gasteiger partial charge in [-0.25, -0.2) is 9.18 Å². The van der Waals surface area contributed by atoms with Crippen molar-refractivity contribution in [2.45, 2.75) is 12.8 Å². The summed E-state index contributed by atoms with van der Waals surface area (Å²) in [5.41, 5.74) is 1.20. The highest BCUT2D eigenvalue weighted by atomic mass is 19.1. The van der Waals surface area contributed by atoms with Gasteiger partial charge in [0, 0.05) is 12.7 Å². The zero-order valence-electron chi connectivity index (χ0n) is 15.2. The molecule has 0 spiro atoms. The molecule has 0 aliphatic heterocycles. The Hall–Kier alpha value is -2.92. The number of fused-ring (bicyclic) bond motifs is 1. The second-order valence-electron chi connectivity index (χ2n) is 6.11. The maximum atomic E-state index is 14.6. The molecule has 0 amide bonds. The molecule has 3 aromatic rings. The Kier molecular flexibility index (Phi) is 6.04. The zero-order chi connectivity index (χ0) is 19.2. The van der Waals surface area contributed by atoms with Crippen LogP contribution in [-0.4, -0.2) is 20.3 Å². The maximum absolute atomic E-state index is 14.6. The molecular weight excluding hydrogens is 347 g/mol. The molecule has 0 atom stereocenters. The topological polar surface area (TPSA) is 48.7 Å². The van der Waals surface area contributed by atoms with Gasteiger partial charge in [0.25, 0.3) is 0 Å². The Morgan fingerprint density at radius 1 is 1.15 bits per heavy atom. The molecule has 140 valence electrons. The molecule has 0 fully saturated rings. The molecular formula is C22H21FO4. The first-order valence-corrected chi connectivity index (χ1v) is 8.72. The van der Waals surface area contributed by atoms with Crippen LogP contribution in [0.2, 0.25) is 0 Å². The van der Waals surface area contributed by atoms with Gasteiger partial charge in [0.15, 0.2) is 11.6 Å². The molecule has 0 saturated carbocycles. The molecule has 0 radical (unpaired) electrons. The summed E-state index contributed by atoms with van der Waals surface area (Å²) in [6.07, 6.45) is 3.68. The van der Waals surface area contributed by atoms with Crippen molar-refractivity contribution < 1.29 is 18.3 Å². The number of halogens is 1. The van der Waals surface area contributed by atoms with Crippen LogP contribution in [0.25, 0.3) is 22.1 Å². The second kappa shape index (κ2) is 8.64. The van der Waals surface area contributed by atoms with E-state index < -0.39 is 11.4 Å². The first-order valence-electron chi connectivity index (χ1n) is 8.72. The van der Waals surface area contributed by atoms with Gasteiger partial charge in [-0.3, -0.25) is 0 Å². The molecule has 0 aliphatic rings. The third kappa shape index (κ3) is 4.26. The lowest BCUT2D eigenvalue weighted by molar-refractivity contribution is 0.144. The number of benzene rings is 2. The first kappa shape index (κ1) is 18.9. The number of aryl methyl sites for hydroxylation is 1. The Morgan fingerprint density at radius 2 is 1.93 bits per heavy atom. The number of methoxy groups -OCH3 is 1. The average Bonchev–Trinajstić information content (AvgIpc) is 2.68. The van der Waals surface area contributed by atoms with Crippen molar-refractivity contribution in [1.29, 1.82) is 0 Å². The highest BCUT2D eigenvalue weighted by Gasteiger charge is 2.15. The van der Waals surface area contributed by atoms with Gasteiger partial charge in [-0.15, -0.1) is 6.58 Å². The van der Waals surface area contributed by atoms with Gasteiger partial charge < -0.3 is 13.9 Å². The molecule has 1 heterocycles. The molecule has 0 N–H and O–H groups in total. The van der Waals surface area contributed by atoms with E-state index in [0.717, 1.165) is 18.4 Å². The SMILES string of the molecule is C=CCCc1ccc(-c2cc3ccc(OCCOC)c(F)c3c(=O)o2)cc1. The lowest BCUT2D eigenvalue weighted by atomic mass is 10.0. The fourth-order valence-corrected chi connectivity index (χ4v) is 2.81. The van der Waals surface area contributed by atoms with E-state index in [-0.39, 0.29) is 17.7 Å². The smallest absolute Gasteiger partial charge is 0.347 e. The minimum absolute atomic E-state index is 0.00571. The van der Waals surface area contributed by atoms with Crippen LogP contribution in [0.5, 0.6) is 5.75 Å². The standard InChI is InChI=1S/C22H21FO4/c1-3-4-5-15-6-8-16(9-7-15)19-14-17-10-11-18(26-13-12-25-2)21(23)20(17)22(24)27-19/h3,6-11,14H,1,4-5,12-13H2,2H3. The summed E-state index contributed by atoms with van der Waals surface area (Å²) in [5.74, 6) is -0.315. The molecule has 27 heavy (non-hydrogen) atoms. The molecule has 0 saturated heterocycles. The van der Waals surface area contributed by atoms with Crippen molar-refractivity contribution >= 4 is 10.8 Å². The summed E-state index contributed by atoms with van der Waals surface area (Å²) >= 11 is 0. The number of allylic oxidation sites excluding steroid dienone is 1. The van der Waals surface area contributed by atoms with E-state index in [1.54, 1.807) is 12.1 Å². The van der Waals surface area contributed by atoms with Crippen LogP contribution in [0.3, 0.4) is 0 Å². The monoisotopic (exact) mass is 368 g/mol. The summed E-state index contributed by atoms with van der Waals surface area (Å²) in [5, 5.41) is 0.352. The summed E-state index contributed by atoms with van der Waals surface area (Å²) in [4.78, 5) is 12.4. The van der Waals surface area contributed by atoms with Gasteiger partial charge >= 0.3 is 5.63 Å². The average molecular weight is 368 g/mol. The van der Waals surface area contributed by atoms with Crippen molar-refractivity contribution in [3.8, 4) is 17.1 Å². The van der Waals surface area contributed by atoms with E-state index in [4.69, 9.17) is 13.9 Å². The molecule has 0 aliphatic carbocycles. The third-order valence-corrected chi connectivity index (χ3v) is 4.25. The van der Waals surface area contributed by atoms with Crippen LogP contribution in [0.1, 0.15) is 12.0 Å². The van der Waals surface area contributed by atoms with Gasteiger partial charge in [-0.2, -0.15) is 0 Å². The predicted molar refractivity (Wildman–Crippen MR) is 104 cm³/mol. The van der Waals surface area contributed by atoms with Crippen molar-refractivity contribution in [2.75, 3.05) is 20.3 Å². The largest absolute Gasteiger partial charge is 0.488 e. The van der Waals surface area contributed by atoms with Crippen LogP contribution in [0.15, 0.2) is 64.3 Å². The molecule has 3 rings (SSSR count). The quantitative estimate of drug-likeness (QED) is 0.425. The van der Waals surface area contributed by atoms with Crippen molar-refractivity contribution in [2.24, 2.45) is 0 Å². The molecule has 1 aromatic heterocycles. The molecule has 4 nitrogen and oxygen atoms in total. The zero-order valence-corrected chi connectivity index (χ0v) is 15.2. The van der Waals surface area contributed by atoms with Gasteiger partial charge in [-0.05, 0) is 35.9 Å². The van der Waals surface area contributed by atoms with Crippen LogP contribution in [-0.2, 0) is 11.2 Å². The lowest BCUT2D eigenvalue weighted by Gasteiger charge is -2.09. The van der Waals surface area contributed by atoms with Gasteiger partial charge in [0.05, 0.1) is 6.61 Å². The normalized spacial score (nSPS) is 10.9. The van der Waals surface area contributed by atoms with Crippen LogP contribution < -0.4 is 10.4 Å². The van der Waals surface area contributed by atoms with E-state index in [0.29, 0.717) is 17.8 Å². The minimum atomic E-state index is -0.729. The minimum Gasteiger partial charge on any atom is -0.488 e. The fourth-order valence-electron chi connectivity index (χ4n) is 2.81. The van der Waals surface area contributed by atoms with E-state index in [2.05, 4.69) is 6.58 Å². The second-order valence-corrected chi connectivity index (χ2v) is 6.11. The van der Waals surface area contributed by atoms with E-state index in [1.807, 2.05) is 30.3 Å². The van der Waals surface area contributed by atoms with Crippen molar-refractivity contribution in [1.82, 2.24) is 0 Å². The first-order chi connectivity index (χ1) is 13.1. The van der Waals surface area contributed by atoms with Gasteiger partial charge in [0.1, 0.15) is 17.8 Å². The van der Waals surface area contributed by atoms with Crippen molar-refractivity contribution in [3.63, 3.8) is 0 Å². The Balaban J connectivity index is 1.94. The summed E-state index contributed by atoms with van der Waals surface area (Å²) in [7, 11) is 1.53. The fraction of sp³-hybridized carbons (Fsp3) is 0.227. The van der Waals surface area contributed by atoms with Crippen LogP contribution >= 0.6 is 0 Å². The Bertz CT molecular complexity index is 990. The molecule has 0 unspecified atom stereocenters. The Morgan fingerprint density at radius 3 is 2.63 bits per heavy atom. The van der Waals surface area contributed by atoms with Crippen LogP contribution in [0, 0.1) is 5.82 Å². The highest BCUT2D eigenvalue weighted by Crippen LogP contribution is 2.28. The summed E-state index contributed by atoms with van der Waals surface area (Å²) in [6.45, 7) is 4.24. The molecule has 2 aromatic carbocycles. The van der Waals surface area contributed by atoms with E-state index >= 15 is 0 Å². The molecule has 0 bridgehead atoms. The summed E-state index contributed by atoms with van der Waals surface area (Å²) in [6, 6.07) is 12.6. The van der Waals surface area contributed by atoms with E-state index in [1.165, 1.54) is 18.7 Å². The Labute approximate surface area is 156 Å². The van der Waals surface area contributed by atoms with Gasteiger partial charge in [0.2, 0.25) is 0 Å². The third-order valence-electron chi connectivity index (χ3n) is 4.25. The van der Waals surface area contributed by atoms with Crippen molar-refractivity contribution in [3.05, 3.63) is 76.9 Å². The highest BCUT2D eigenvalue weighted by molar-refractivity contribution is 5.86. The lowest BCUT2D eigenvalue weighted by Crippen LogP contribution is -2.08. The predicted octanol–water partition coefficient (Wildman–Crippen LogP) is 4.74. The number of rotatable bonds is 8. The van der Waals surface area contributed by atoms with Gasteiger partial charge in [-0.1, -0.05) is 36.4 Å².